The third kappa shape index (κ3) is 1.81. The summed E-state index contributed by atoms with van der Waals surface area (Å²) < 4.78 is 1.90. The maximum Gasteiger partial charge on any atom is 0.235 e. The Morgan fingerprint density at radius 3 is 3.08 bits per heavy atom. The van der Waals surface area contributed by atoms with Gasteiger partial charge in [-0.1, -0.05) is 11.3 Å². The number of nitriles is 1. The summed E-state index contributed by atoms with van der Waals surface area (Å²) in [5.74, 6) is 0. The lowest BCUT2D eigenvalue weighted by atomic mass is 10.3. The fourth-order valence-corrected chi connectivity index (χ4v) is 2.01. The first kappa shape index (κ1) is 9.17. The van der Waals surface area contributed by atoms with Gasteiger partial charge in [0.2, 0.25) is 12.1 Å². The van der Waals surface area contributed by atoms with E-state index in [0.29, 0.717) is 13.0 Å². The predicted octanol–water partition coefficient (Wildman–Crippen LogP) is 0.402. The van der Waals surface area contributed by atoms with Crippen LogP contribution in [0.4, 0.5) is 0 Å². The van der Waals surface area contributed by atoms with E-state index in [0.717, 1.165) is 10.6 Å². The molecular weight excluding hydrogens is 172 g/mol. The standard InChI is InChI=1S/C8H11N2OS/c1-7-8(2-5-11)12-6-10(7)4-3-9/h6,11H,2,4-5H2,1H3/q+1. The van der Waals surface area contributed by atoms with Crippen LogP contribution in [0, 0.1) is 18.3 Å². The van der Waals surface area contributed by atoms with Crippen molar-refractivity contribution >= 4 is 11.3 Å². The molecule has 1 aromatic rings. The predicted molar refractivity (Wildman–Crippen MR) is 45.7 cm³/mol. The minimum Gasteiger partial charge on any atom is -0.396 e. The highest BCUT2D eigenvalue weighted by molar-refractivity contribution is 7.09. The van der Waals surface area contributed by atoms with Crippen LogP contribution >= 0.6 is 11.3 Å². The Labute approximate surface area is 75.5 Å². The molecule has 1 N–H and O–H groups in total. The minimum absolute atomic E-state index is 0.175. The molecule has 0 aromatic carbocycles. The van der Waals surface area contributed by atoms with Gasteiger partial charge in [0.25, 0.3) is 0 Å². The van der Waals surface area contributed by atoms with Crippen molar-refractivity contribution in [3.05, 3.63) is 16.1 Å². The molecule has 0 saturated heterocycles. The zero-order valence-corrected chi connectivity index (χ0v) is 7.77. The van der Waals surface area contributed by atoms with Crippen LogP contribution in [0.1, 0.15) is 10.6 Å². The van der Waals surface area contributed by atoms with E-state index in [1.807, 2.05) is 17.0 Å². The molecule has 1 aromatic heterocycles. The quantitative estimate of drug-likeness (QED) is 0.690. The van der Waals surface area contributed by atoms with E-state index in [4.69, 9.17) is 10.4 Å². The van der Waals surface area contributed by atoms with Gasteiger partial charge in [-0.15, -0.1) is 0 Å². The Hall–Kier alpha value is -0.920. The van der Waals surface area contributed by atoms with Crippen LogP contribution in [-0.4, -0.2) is 11.7 Å². The number of rotatable bonds is 3. The Kier molecular flexibility index (Phi) is 3.20. The van der Waals surface area contributed by atoms with Gasteiger partial charge in [0.1, 0.15) is 6.07 Å². The summed E-state index contributed by atoms with van der Waals surface area (Å²) in [4.78, 5) is 1.16. The normalized spacial score (nSPS) is 9.75. The molecule has 0 amide bonds. The molecule has 12 heavy (non-hydrogen) atoms. The highest BCUT2D eigenvalue weighted by Gasteiger charge is 2.13. The van der Waals surface area contributed by atoms with Crippen molar-refractivity contribution in [3.63, 3.8) is 0 Å². The largest absolute Gasteiger partial charge is 0.396 e. The molecule has 0 unspecified atom stereocenters. The smallest absolute Gasteiger partial charge is 0.235 e. The van der Waals surface area contributed by atoms with Crippen LogP contribution in [0.15, 0.2) is 5.51 Å². The summed E-state index contributed by atoms with van der Waals surface area (Å²) >= 11 is 1.59. The first-order valence-corrected chi connectivity index (χ1v) is 4.61. The van der Waals surface area contributed by atoms with Crippen molar-refractivity contribution in [3.8, 4) is 6.07 Å². The second kappa shape index (κ2) is 4.19. The molecule has 0 radical (unpaired) electrons. The third-order valence-corrected chi connectivity index (χ3v) is 2.88. The van der Waals surface area contributed by atoms with Crippen LogP contribution < -0.4 is 4.57 Å². The zero-order valence-electron chi connectivity index (χ0n) is 6.95. The summed E-state index contributed by atoms with van der Waals surface area (Å²) in [6.07, 6.45) is 0.689. The highest BCUT2D eigenvalue weighted by atomic mass is 32.1. The lowest BCUT2D eigenvalue weighted by molar-refractivity contribution is -0.686. The SMILES string of the molecule is Cc1c(CCO)sc[n+]1CC#N. The van der Waals surface area contributed by atoms with Gasteiger partial charge in [0.05, 0.1) is 4.88 Å². The van der Waals surface area contributed by atoms with Crippen LogP contribution in [0.25, 0.3) is 0 Å². The van der Waals surface area contributed by atoms with Crippen LogP contribution in [0.5, 0.6) is 0 Å². The van der Waals surface area contributed by atoms with Crippen molar-refractivity contribution in [1.29, 1.82) is 5.26 Å². The molecule has 64 valence electrons. The summed E-state index contributed by atoms with van der Waals surface area (Å²) in [5.41, 5.74) is 3.01. The molecule has 3 nitrogen and oxygen atoms in total. The molecule has 0 atom stereocenters. The first-order valence-electron chi connectivity index (χ1n) is 3.73. The fraction of sp³-hybridized carbons (Fsp3) is 0.500. The maximum atomic E-state index is 8.72. The van der Waals surface area contributed by atoms with Crippen molar-refractivity contribution in [2.75, 3.05) is 6.61 Å². The molecule has 0 fully saturated rings. The monoisotopic (exact) mass is 183 g/mol. The average Bonchev–Trinajstić information content (AvgIpc) is 2.38. The second-order valence-electron chi connectivity index (χ2n) is 2.49. The molecule has 0 spiro atoms. The second-order valence-corrected chi connectivity index (χ2v) is 3.43. The van der Waals surface area contributed by atoms with Gasteiger partial charge in [0, 0.05) is 20.0 Å². The molecule has 0 aliphatic rings. The first-order chi connectivity index (χ1) is 5.79. The molecule has 1 heterocycles. The van der Waals surface area contributed by atoms with Crippen LogP contribution in [-0.2, 0) is 13.0 Å². The van der Waals surface area contributed by atoms with Crippen molar-refractivity contribution < 1.29 is 9.67 Å². The van der Waals surface area contributed by atoms with Gasteiger partial charge in [0.15, 0.2) is 5.69 Å². The third-order valence-electron chi connectivity index (χ3n) is 1.74. The molecule has 0 saturated carbocycles. The number of nitrogens with zero attached hydrogens (tertiary/aromatic N) is 2. The van der Waals surface area contributed by atoms with E-state index in [1.165, 1.54) is 0 Å². The van der Waals surface area contributed by atoms with Crippen molar-refractivity contribution in [2.24, 2.45) is 0 Å². The van der Waals surface area contributed by atoms with E-state index in [2.05, 4.69) is 6.07 Å². The summed E-state index contributed by atoms with van der Waals surface area (Å²) in [6, 6.07) is 2.09. The topological polar surface area (TPSA) is 47.9 Å². The minimum atomic E-state index is 0.175. The van der Waals surface area contributed by atoms with Gasteiger partial charge in [-0.05, 0) is 0 Å². The molecule has 4 heteroatoms. The Balaban J connectivity index is 2.82. The van der Waals surface area contributed by atoms with Crippen molar-refractivity contribution in [2.45, 2.75) is 19.9 Å². The van der Waals surface area contributed by atoms with Gasteiger partial charge < -0.3 is 5.11 Å². The Morgan fingerprint density at radius 1 is 1.75 bits per heavy atom. The summed E-state index contributed by atoms with van der Waals surface area (Å²) in [7, 11) is 0. The number of hydrogen-bond acceptors (Lipinski definition) is 3. The van der Waals surface area contributed by atoms with Crippen LogP contribution in [0.3, 0.4) is 0 Å². The number of hydrogen-bond donors (Lipinski definition) is 1. The molecular formula is C8H11N2OS+. The van der Waals surface area contributed by atoms with E-state index in [9.17, 15) is 0 Å². The highest BCUT2D eigenvalue weighted by Crippen LogP contribution is 2.10. The number of aromatic nitrogens is 1. The van der Waals surface area contributed by atoms with Gasteiger partial charge in [-0.25, -0.2) is 0 Å². The zero-order chi connectivity index (χ0) is 8.97. The molecule has 1 rings (SSSR count). The van der Waals surface area contributed by atoms with E-state index >= 15 is 0 Å². The molecule has 0 aliphatic heterocycles. The average molecular weight is 183 g/mol. The fourth-order valence-electron chi connectivity index (χ4n) is 1.03. The van der Waals surface area contributed by atoms with E-state index < -0.39 is 0 Å². The van der Waals surface area contributed by atoms with E-state index in [1.54, 1.807) is 11.3 Å². The number of aliphatic hydroxyl groups is 1. The lowest BCUT2D eigenvalue weighted by Crippen LogP contribution is -2.33. The number of thiazole rings is 1. The van der Waals surface area contributed by atoms with Gasteiger partial charge in [-0.3, -0.25) is 0 Å². The maximum absolute atomic E-state index is 8.72. The van der Waals surface area contributed by atoms with E-state index in [-0.39, 0.29) is 6.61 Å². The lowest BCUT2D eigenvalue weighted by Gasteiger charge is -1.90. The summed E-state index contributed by atoms with van der Waals surface area (Å²) in [6.45, 7) is 2.54. The van der Waals surface area contributed by atoms with Crippen molar-refractivity contribution in [1.82, 2.24) is 0 Å². The van der Waals surface area contributed by atoms with Gasteiger partial charge >= 0.3 is 0 Å². The molecule has 0 bridgehead atoms. The van der Waals surface area contributed by atoms with Crippen LogP contribution in [0.2, 0.25) is 0 Å². The Bertz CT molecular complexity index is 300. The Morgan fingerprint density at radius 2 is 2.50 bits per heavy atom. The summed E-state index contributed by atoms with van der Waals surface area (Å²) in [5, 5.41) is 17.2. The van der Waals surface area contributed by atoms with Gasteiger partial charge in [-0.2, -0.15) is 9.83 Å². The number of aliphatic hydroxyl groups excluding tert-OH is 1. The molecule has 0 aliphatic carbocycles.